The van der Waals surface area contributed by atoms with Crippen LogP contribution in [0.5, 0.6) is 17.2 Å². The summed E-state index contributed by atoms with van der Waals surface area (Å²) in [4.78, 5) is 12.5. The van der Waals surface area contributed by atoms with Crippen LogP contribution in [0.15, 0.2) is 47.4 Å². The molecule has 1 amide bonds. The van der Waals surface area contributed by atoms with Crippen LogP contribution in [0.2, 0.25) is 0 Å². The zero-order valence-electron chi connectivity index (χ0n) is 18.2. The molecule has 10 heteroatoms. The molecule has 0 aromatic heterocycles. The molecule has 0 bridgehead atoms. The van der Waals surface area contributed by atoms with Gasteiger partial charge in [0.05, 0.1) is 34.5 Å². The van der Waals surface area contributed by atoms with Crippen LogP contribution in [0.1, 0.15) is 5.56 Å². The maximum absolute atomic E-state index is 13.1. The van der Waals surface area contributed by atoms with Gasteiger partial charge in [-0.3, -0.25) is 4.79 Å². The lowest BCUT2D eigenvalue weighted by molar-refractivity contribution is -0.111. The quantitative estimate of drug-likeness (QED) is 0.601. The fraction of sp³-hybridized carbons (Fsp3) is 0.318. The Bertz CT molecular complexity index is 1090. The van der Waals surface area contributed by atoms with Crippen LogP contribution in [0.25, 0.3) is 6.08 Å². The number of amides is 1. The number of carbonyl (C=O) groups excluding carboxylic acids is 1. The topological polar surface area (TPSA) is 103 Å². The summed E-state index contributed by atoms with van der Waals surface area (Å²) in [7, 11) is 0.677. The molecule has 1 aliphatic rings. The van der Waals surface area contributed by atoms with Gasteiger partial charge in [0.25, 0.3) is 0 Å². The van der Waals surface area contributed by atoms with E-state index in [0.717, 1.165) is 0 Å². The van der Waals surface area contributed by atoms with Gasteiger partial charge < -0.3 is 24.3 Å². The molecule has 3 rings (SSSR count). The summed E-state index contributed by atoms with van der Waals surface area (Å²) in [5.41, 5.74) is 0.984. The van der Waals surface area contributed by atoms with E-state index in [1.165, 1.54) is 36.7 Å². The first-order valence-electron chi connectivity index (χ1n) is 9.86. The molecule has 9 nitrogen and oxygen atoms in total. The third-order valence-electron chi connectivity index (χ3n) is 4.87. The average molecular weight is 463 g/mol. The second-order valence-electron chi connectivity index (χ2n) is 6.81. The van der Waals surface area contributed by atoms with Crippen molar-refractivity contribution < 1.29 is 32.2 Å². The third-order valence-corrected chi connectivity index (χ3v) is 6.79. The van der Waals surface area contributed by atoms with E-state index in [-0.39, 0.29) is 23.7 Å². The van der Waals surface area contributed by atoms with Gasteiger partial charge in [-0.25, -0.2) is 8.42 Å². The number of morpholine rings is 1. The van der Waals surface area contributed by atoms with Crippen molar-refractivity contribution in [2.75, 3.05) is 52.9 Å². The second kappa shape index (κ2) is 10.5. The maximum atomic E-state index is 13.1. The van der Waals surface area contributed by atoms with Crippen LogP contribution in [0.3, 0.4) is 0 Å². The Balaban J connectivity index is 1.81. The summed E-state index contributed by atoms with van der Waals surface area (Å²) in [6.07, 6.45) is 2.92. The Morgan fingerprint density at radius 3 is 2.34 bits per heavy atom. The number of hydrogen-bond acceptors (Lipinski definition) is 7. The number of anilines is 1. The molecule has 1 saturated heterocycles. The van der Waals surface area contributed by atoms with Gasteiger partial charge in [-0.1, -0.05) is 0 Å². The highest BCUT2D eigenvalue weighted by Gasteiger charge is 2.29. The summed E-state index contributed by atoms with van der Waals surface area (Å²) >= 11 is 0. The van der Waals surface area contributed by atoms with Crippen LogP contribution in [0, 0.1) is 0 Å². The van der Waals surface area contributed by atoms with Crippen molar-refractivity contribution in [3.05, 3.63) is 48.0 Å². The minimum absolute atomic E-state index is 0.0156. The lowest BCUT2D eigenvalue weighted by atomic mass is 10.1. The second-order valence-corrected chi connectivity index (χ2v) is 8.72. The van der Waals surface area contributed by atoms with Crippen molar-refractivity contribution >= 4 is 27.7 Å². The minimum atomic E-state index is -3.81. The number of methoxy groups -OCH3 is 3. The molecule has 0 unspecified atom stereocenters. The van der Waals surface area contributed by atoms with Crippen molar-refractivity contribution in [2.45, 2.75) is 4.90 Å². The summed E-state index contributed by atoms with van der Waals surface area (Å²) in [6, 6.07) is 9.71. The SMILES string of the molecule is COc1ccc(OC)c(C=CC(=O)Nc2ccc(OC)c(S(=O)(=O)N3CCOCC3)c2)c1. The van der Waals surface area contributed by atoms with Gasteiger partial charge in [0, 0.05) is 30.4 Å². The fourth-order valence-electron chi connectivity index (χ4n) is 3.20. The number of benzene rings is 2. The lowest BCUT2D eigenvalue weighted by Crippen LogP contribution is -2.40. The predicted octanol–water partition coefficient (Wildman–Crippen LogP) is 2.39. The molecule has 1 fully saturated rings. The highest BCUT2D eigenvalue weighted by Crippen LogP contribution is 2.30. The Kier molecular flexibility index (Phi) is 7.73. The molecule has 172 valence electrons. The molecule has 32 heavy (non-hydrogen) atoms. The fourth-order valence-corrected chi connectivity index (χ4v) is 4.79. The van der Waals surface area contributed by atoms with Crippen molar-refractivity contribution in [3.8, 4) is 17.2 Å². The molecular formula is C22H26N2O7S. The number of rotatable bonds is 8. The van der Waals surface area contributed by atoms with E-state index in [1.54, 1.807) is 37.5 Å². The van der Waals surface area contributed by atoms with Crippen LogP contribution >= 0.6 is 0 Å². The Morgan fingerprint density at radius 1 is 1.00 bits per heavy atom. The molecule has 0 atom stereocenters. The molecule has 0 aliphatic carbocycles. The van der Waals surface area contributed by atoms with E-state index in [1.807, 2.05) is 0 Å². The van der Waals surface area contributed by atoms with E-state index >= 15 is 0 Å². The van der Waals surface area contributed by atoms with Crippen LogP contribution in [-0.4, -0.2) is 66.3 Å². The zero-order valence-corrected chi connectivity index (χ0v) is 19.0. The molecule has 0 spiro atoms. The van der Waals surface area contributed by atoms with Crippen molar-refractivity contribution in [1.29, 1.82) is 0 Å². The van der Waals surface area contributed by atoms with Gasteiger partial charge in [0.2, 0.25) is 15.9 Å². The van der Waals surface area contributed by atoms with E-state index in [9.17, 15) is 13.2 Å². The van der Waals surface area contributed by atoms with Crippen molar-refractivity contribution in [2.24, 2.45) is 0 Å². The molecule has 0 radical (unpaired) electrons. The molecule has 0 saturated carbocycles. The standard InChI is InChI=1S/C22H26N2O7S/c1-28-18-6-8-19(29-2)16(14-18)4-9-22(25)23-17-5-7-20(30-3)21(15-17)32(26,27)24-10-12-31-13-11-24/h4-9,14-15H,10-13H2,1-3H3,(H,23,25). The van der Waals surface area contributed by atoms with Gasteiger partial charge in [-0.05, 0) is 42.5 Å². The van der Waals surface area contributed by atoms with Gasteiger partial charge >= 0.3 is 0 Å². The van der Waals surface area contributed by atoms with Gasteiger partial charge in [-0.15, -0.1) is 0 Å². The normalized spacial score (nSPS) is 14.8. The summed E-state index contributed by atoms with van der Waals surface area (Å²) in [5, 5.41) is 2.68. The number of sulfonamides is 1. The molecular weight excluding hydrogens is 436 g/mol. The lowest BCUT2D eigenvalue weighted by Gasteiger charge is -2.26. The molecule has 1 aliphatic heterocycles. The van der Waals surface area contributed by atoms with Crippen LogP contribution < -0.4 is 19.5 Å². The highest BCUT2D eigenvalue weighted by atomic mass is 32.2. The van der Waals surface area contributed by atoms with E-state index < -0.39 is 15.9 Å². The number of nitrogens with zero attached hydrogens (tertiary/aromatic N) is 1. The van der Waals surface area contributed by atoms with Crippen molar-refractivity contribution in [1.82, 2.24) is 4.31 Å². The Morgan fingerprint density at radius 2 is 1.69 bits per heavy atom. The molecule has 1 N–H and O–H groups in total. The zero-order chi connectivity index (χ0) is 23.1. The summed E-state index contributed by atoms with van der Waals surface area (Å²) in [5.74, 6) is 0.970. The maximum Gasteiger partial charge on any atom is 0.248 e. The number of ether oxygens (including phenoxy) is 4. The largest absolute Gasteiger partial charge is 0.497 e. The van der Waals surface area contributed by atoms with E-state index in [0.29, 0.717) is 36.0 Å². The molecule has 1 heterocycles. The predicted molar refractivity (Wildman–Crippen MR) is 120 cm³/mol. The first-order valence-corrected chi connectivity index (χ1v) is 11.3. The van der Waals surface area contributed by atoms with Crippen LogP contribution in [0.4, 0.5) is 5.69 Å². The highest BCUT2D eigenvalue weighted by molar-refractivity contribution is 7.89. The third kappa shape index (κ3) is 5.39. The summed E-state index contributed by atoms with van der Waals surface area (Å²) < 4.78 is 48.5. The smallest absolute Gasteiger partial charge is 0.248 e. The minimum Gasteiger partial charge on any atom is -0.497 e. The first kappa shape index (κ1) is 23.6. The Labute approximate surface area is 187 Å². The van der Waals surface area contributed by atoms with Gasteiger partial charge in [-0.2, -0.15) is 4.31 Å². The average Bonchev–Trinajstić information content (AvgIpc) is 2.83. The number of nitrogens with one attached hydrogen (secondary N) is 1. The van der Waals surface area contributed by atoms with E-state index in [2.05, 4.69) is 5.32 Å². The van der Waals surface area contributed by atoms with Crippen LogP contribution in [-0.2, 0) is 19.6 Å². The van der Waals surface area contributed by atoms with Gasteiger partial charge in [0.1, 0.15) is 22.1 Å². The number of carbonyl (C=O) groups is 1. The monoisotopic (exact) mass is 462 g/mol. The molecule has 2 aromatic rings. The molecule has 2 aromatic carbocycles. The summed E-state index contributed by atoms with van der Waals surface area (Å²) in [6.45, 7) is 1.17. The van der Waals surface area contributed by atoms with Crippen molar-refractivity contribution in [3.63, 3.8) is 0 Å². The van der Waals surface area contributed by atoms with Gasteiger partial charge in [0.15, 0.2) is 0 Å². The Hall–Kier alpha value is -3.08. The first-order chi connectivity index (χ1) is 15.4. The van der Waals surface area contributed by atoms with E-state index in [4.69, 9.17) is 18.9 Å². The number of hydrogen-bond donors (Lipinski definition) is 1.